The van der Waals surface area contributed by atoms with Crippen molar-refractivity contribution in [2.24, 2.45) is 11.7 Å². The van der Waals surface area contributed by atoms with Gasteiger partial charge in [0.2, 0.25) is 0 Å². The van der Waals surface area contributed by atoms with Gasteiger partial charge in [0, 0.05) is 18.2 Å². The number of hydrogen-bond acceptors (Lipinski definition) is 3. The van der Waals surface area contributed by atoms with E-state index in [2.05, 4.69) is 26.1 Å². The molecule has 0 saturated carbocycles. The van der Waals surface area contributed by atoms with Gasteiger partial charge < -0.3 is 15.8 Å². The quantitative estimate of drug-likeness (QED) is 0.792. The Bertz CT molecular complexity index is 405. The molecule has 0 aliphatic heterocycles. The molecular weight excluding hydrogens is 240 g/mol. The minimum Gasteiger partial charge on any atom is -0.483 e. The highest BCUT2D eigenvalue weighted by Crippen LogP contribution is 2.16. The second kappa shape index (κ2) is 7.79. The SMILES string of the molecule is CCC(NC(=O)COc1ccccc1CN)C(C)C. The van der Waals surface area contributed by atoms with Gasteiger partial charge in [-0.2, -0.15) is 0 Å². The molecule has 0 heterocycles. The largest absolute Gasteiger partial charge is 0.483 e. The van der Waals surface area contributed by atoms with Crippen molar-refractivity contribution in [3.63, 3.8) is 0 Å². The van der Waals surface area contributed by atoms with E-state index in [1.807, 2.05) is 24.3 Å². The molecule has 1 amide bonds. The minimum absolute atomic E-state index is 0.0280. The third-order valence-electron chi connectivity index (χ3n) is 3.14. The van der Waals surface area contributed by atoms with E-state index < -0.39 is 0 Å². The van der Waals surface area contributed by atoms with Gasteiger partial charge in [-0.05, 0) is 18.4 Å². The first-order valence-electron chi connectivity index (χ1n) is 6.78. The van der Waals surface area contributed by atoms with Gasteiger partial charge in [-0.3, -0.25) is 4.79 Å². The number of carbonyl (C=O) groups excluding carboxylic acids is 1. The molecule has 0 radical (unpaired) electrons. The molecular formula is C15H24N2O2. The zero-order valence-corrected chi connectivity index (χ0v) is 12.0. The van der Waals surface area contributed by atoms with Gasteiger partial charge in [0.15, 0.2) is 6.61 Å². The average molecular weight is 264 g/mol. The first-order valence-corrected chi connectivity index (χ1v) is 6.78. The second-order valence-corrected chi connectivity index (χ2v) is 4.93. The number of para-hydroxylation sites is 1. The van der Waals surface area contributed by atoms with Crippen LogP contribution in [-0.4, -0.2) is 18.6 Å². The van der Waals surface area contributed by atoms with Crippen LogP contribution in [0.3, 0.4) is 0 Å². The van der Waals surface area contributed by atoms with Gasteiger partial charge in [-0.15, -0.1) is 0 Å². The van der Waals surface area contributed by atoms with Crippen LogP contribution in [0.4, 0.5) is 0 Å². The van der Waals surface area contributed by atoms with Crippen molar-refractivity contribution in [3.8, 4) is 5.75 Å². The predicted molar refractivity (Wildman–Crippen MR) is 76.9 cm³/mol. The molecule has 0 aromatic heterocycles. The van der Waals surface area contributed by atoms with Gasteiger partial charge in [-0.1, -0.05) is 39.0 Å². The Balaban J connectivity index is 2.50. The molecule has 1 unspecified atom stereocenters. The van der Waals surface area contributed by atoms with Crippen LogP contribution < -0.4 is 15.8 Å². The van der Waals surface area contributed by atoms with E-state index >= 15 is 0 Å². The number of benzene rings is 1. The maximum Gasteiger partial charge on any atom is 0.258 e. The highest BCUT2D eigenvalue weighted by atomic mass is 16.5. The summed E-state index contributed by atoms with van der Waals surface area (Å²) in [6.45, 7) is 6.69. The van der Waals surface area contributed by atoms with Crippen LogP contribution in [0.2, 0.25) is 0 Å². The zero-order valence-electron chi connectivity index (χ0n) is 12.0. The van der Waals surface area contributed by atoms with Crippen LogP contribution in [0.15, 0.2) is 24.3 Å². The Hall–Kier alpha value is -1.55. The summed E-state index contributed by atoms with van der Waals surface area (Å²) in [6.07, 6.45) is 0.919. The lowest BCUT2D eigenvalue weighted by atomic mass is 10.0. The van der Waals surface area contributed by atoms with E-state index in [0.29, 0.717) is 18.2 Å². The van der Waals surface area contributed by atoms with Gasteiger partial charge in [0.1, 0.15) is 5.75 Å². The lowest BCUT2D eigenvalue weighted by Crippen LogP contribution is -2.40. The van der Waals surface area contributed by atoms with Crippen LogP contribution in [0, 0.1) is 5.92 Å². The van der Waals surface area contributed by atoms with E-state index in [9.17, 15) is 4.79 Å². The minimum atomic E-state index is -0.0904. The summed E-state index contributed by atoms with van der Waals surface area (Å²) in [6, 6.07) is 7.70. The molecule has 106 valence electrons. The molecule has 1 aromatic carbocycles. The lowest BCUT2D eigenvalue weighted by molar-refractivity contribution is -0.124. The fourth-order valence-corrected chi connectivity index (χ4v) is 1.95. The zero-order chi connectivity index (χ0) is 14.3. The molecule has 0 aliphatic rings. The van der Waals surface area contributed by atoms with Crippen molar-refractivity contribution in [3.05, 3.63) is 29.8 Å². The number of ether oxygens (including phenoxy) is 1. The fourth-order valence-electron chi connectivity index (χ4n) is 1.95. The monoisotopic (exact) mass is 264 g/mol. The van der Waals surface area contributed by atoms with E-state index in [1.54, 1.807) is 0 Å². The molecule has 0 aliphatic carbocycles. The summed E-state index contributed by atoms with van der Waals surface area (Å²) in [5.41, 5.74) is 6.53. The predicted octanol–water partition coefficient (Wildman–Crippen LogP) is 2.07. The molecule has 4 nitrogen and oxygen atoms in total. The highest BCUT2D eigenvalue weighted by molar-refractivity contribution is 5.77. The molecule has 1 atom stereocenters. The Kier molecular flexibility index (Phi) is 6.36. The van der Waals surface area contributed by atoms with E-state index in [1.165, 1.54) is 0 Å². The summed E-state index contributed by atoms with van der Waals surface area (Å²) < 4.78 is 5.52. The van der Waals surface area contributed by atoms with Crippen molar-refractivity contribution in [1.82, 2.24) is 5.32 Å². The normalized spacial score (nSPS) is 12.3. The van der Waals surface area contributed by atoms with Crippen LogP contribution in [0.25, 0.3) is 0 Å². The number of amides is 1. The third kappa shape index (κ3) is 4.91. The molecule has 19 heavy (non-hydrogen) atoms. The Morgan fingerprint density at radius 1 is 1.37 bits per heavy atom. The van der Waals surface area contributed by atoms with Gasteiger partial charge in [0.25, 0.3) is 5.91 Å². The summed E-state index contributed by atoms with van der Waals surface area (Å²) >= 11 is 0. The van der Waals surface area contributed by atoms with E-state index in [0.717, 1.165) is 12.0 Å². The third-order valence-corrected chi connectivity index (χ3v) is 3.14. The Labute approximate surface area is 115 Å². The standard InChI is InChI=1S/C15H24N2O2/c1-4-13(11(2)3)17-15(18)10-19-14-8-6-5-7-12(14)9-16/h5-8,11,13H,4,9-10,16H2,1-3H3,(H,17,18). The number of hydrogen-bond donors (Lipinski definition) is 2. The van der Waals surface area contributed by atoms with Crippen LogP contribution in [-0.2, 0) is 11.3 Å². The Morgan fingerprint density at radius 2 is 2.05 bits per heavy atom. The van der Waals surface area contributed by atoms with E-state index in [4.69, 9.17) is 10.5 Å². The summed E-state index contributed by atoms with van der Waals surface area (Å²) in [5.74, 6) is 1.01. The second-order valence-electron chi connectivity index (χ2n) is 4.93. The van der Waals surface area contributed by atoms with Crippen molar-refractivity contribution >= 4 is 5.91 Å². The molecule has 4 heteroatoms. The average Bonchev–Trinajstić information content (AvgIpc) is 2.42. The summed E-state index contributed by atoms with van der Waals surface area (Å²) in [4.78, 5) is 11.8. The van der Waals surface area contributed by atoms with Crippen LogP contribution in [0.1, 0.15) is 32.8 Å². The molecule has 0 saturated heterocycles. The lowest BCUT2D eigenvalue weighted by Gasteiger charge is -2.20. The first kappa shape index (κ1) is 15.5. The number of nitrogens with two attached hydrogens (primary N) is 1. The highest BCUT2D eigenvalue weighted by Gasteiger charge is 2.14. The summed E-state index contributed by atoms with van der Waals surface area (Å²) in [5, 5.41) is 2.98. The number of rotatable bonds is 7. The maximum atomic E-state index is 11.8. The summed E-state index contributed by atoms with van der Waals surface area (Å²) in [7, 11) is 0. The van der Waals surface area contributed by atoms with Gasteiger partial charge >= 0.3 is 0 Å². The van der Waals surface area contributed by atoms with Crippen molar-refractivity contribution in [2.45, 2.75) is 39.8 Å². The maximum absolute atomic E-state index is 11.8. The molecule has 1 rings (SSSR count). The van der Waals surface area contributed by atoms with Gasteiger partial charge in [0.05, 0.1) is 0 Å². The number of carbonyl (C=O) groups is 1. The molecule has 0 fully saturated rings. The van der Waals surface area contributed by atoms with E-state index in [-0.39, 0.29) is 18.6 Å². The smallest absolute Gasteiger partial charge is 0.258 e. The fraction of sp³-hybridized carbons (Fsp3) is 0.533. The van der Waals surface area contributed by atoms with Crippen molar-refractivity contribution < 1.29 is 9.53 Å². The van der Waals surface area contributed by atoms with Crippen LogP contribution >= 0.6 is 0 Å². The molecule has 0 spiro atoms. The van der Waals surface area contributed by atoms with Gasteiger partial charge in [-0.25, -0.2) is 0 Å². The molecule has 3 N–H and O–H groups in total. The van der Waals surface area contributed by atoms with Crippen molar-refractivity contribution in [1.29, 1.82) is 0 Å². The first-order chi connectivity index (χ1) is 9.08. The Morgan fingerprint density at radius 3 is 2.63 bits per heavy atom. The van der Waals surface area contributed by atoms with Crippen molar-refractivity contribution in [2.75, 3.05) is 6.61 Å². The van der Waals surface area contributed by atoms with Crippen LogP contribution in [0.5, 0.6) is 5.75 Å². The molecule has 0 bridgehead atoms. The molecule has 1 aromatic rings. The topological polar surface area (TPSA) is 64.3 Å². The number of nitrogens with one attached hydrogen (secondary N) is 1.